The van der Waals surface area contributed by atoms with Crippen LogP contribution in [0.15, 0.2) is 36.5 Å². The monoisotopic (exact) mass is 246 g/mol. The first-order chi connectivity index (χ1) is 8.29. The Bertz CT molecular complexity index is 450. The van der Waals surface area contributed by atoms with Crippen molar-refractivity contribution in [3.8, 4) is 0 Å². The van der Waals surface area contributed by atoms with E-state index in [0.717, 1.165) is 18.7 Å². The fraction of sp³-hybridized carbons (Fsp3) is 0.357. The van der Waals surface area contributed by atoms with Gasteiger partial charge in [0.05, 0.1) is 5.69 Å². The molecular formula is C14H18N2S. The minimum atomic E-state index is 0.295. The fourth-order valence-electron chi connectivity index (χ4n) is 1.70. The summed E-state index contributed by atoms with van der Waals surface area (Å²) in [5.74, 6) is 0. The van der Waals surface area contributed by atoms with E-state index in [9.17, 15) is 0 Å². The summed E-state index contributed by atoms with van der Waals surface area (Å²) in [6, 6.07) is 10.8. The van der Waals surface area contributed by atoms with Gasteiger partial charge in [0.15, 0.2) is 0 Å². The van der Waals surface area contributed by atoms with Gasteiger partial charge in [-0.05, 0) is 37.6 Å². The van der Waals surface area contributed by atoms with Gasteiger partial charge in [-0.1, -0.05) is 13.0 Å². The SMILES string of the molecule is CCc1ccc(CN[C@H](C)c2ccccn2)s1. The van der Waals surface area contributed by atoms with E-state index in [2.05, 4.69) is 42.3 Å². The van der Waals surface area contributed by atoms with Gasteiger partial charge in [-0.25, -0.2) is 0 Å². The van der Waals surface area contributed by atoms with Crippen molar-refractivity contribution in [2.45, 2.75) is 32.9 Å². The first kappa shape index (κ1) is 12.3. The number of nitrogens with zero attached hydrogens (tertiary/aromatic N) is 1. The summed E-state index contributed by atoms with van der Waals surface area (Å²) in [5.41, 5.74) is 1.10. The van der Waals surface area contributed by atoms with Crippen LogP contribution in [-0.2, 0) is 13.0 Å². The quantitative estimate of drug-likeness (QED) is 0.872. The van der Waals surface area contributed by atoms with Crippen LogP contribution in [0.2, 0.25) is 0 Å². The summed E-state index contributed by atoms with van der Waals surface area (Å²) in [6.45, 7) is 5.26. The van der Waals surface area contributed by atoms with Gasteiger partial charge < -0.3 is 5.32 Å². The van der Waals surface area contributed by atoms with Crippen molar-refractivity contribution in [1.82, 2.24) is 10.3 Å². The molecule has 0 aliphatic rings. The Kier molecular flexibility index (Phi) is 4.29. The van der Waals surface area contributed by atoms with Crippen LogP contribution < -0.4 is 5.32 Å². The highest BCUT2D eigenvalue weighted by Crippen LogP contribution is 2.18. The second kappa shape index (κ2) is 5.94. The Morgan fingerprint density at radius 3 is 2.71 bits per heavy atom. The Labute approximate surface area is 107 Å². The van der Waals surface area contributed by atoms with Crippen molar-refractivity contribution in [3.63, 3.8) is 0 Å². The summed E-state index contributed by atoms with van der Waals surface area (Å²) in [5, 5.41) is 3.50. The lowest BCUT2D eigenvalue weighted by atomic mass is 10.2. The number of hydrogen-bond donors (Lipinski definition) is 1. The zero-order chi connectivity index (χ0) is 12.1. The molecule has 2 nitrogen and oxygen atoms in total. The molecule has 0 spiro atoms. The molecule has 0 saturated carbocycles. The molecule has 3 heteroatoms. The maximum absolute atomic E-state index is 4.35. The molecule has 2 rings (SSSR count). The van der Waals surface area contributed by atoms with Crippen LogP contribution in [-0.4, -0.2) is 4.98 Å². The van der Waals surface area contributed by atoms with Gasteiger partial charge in [0.2, 0.25) is 0 Å². The lowest BCUT2D eigenvalue weighted by Crippen LogP contribution is -2.18. The molecule has 90 valence electrons. The molecule has 0 aliphatic heterocycles. The summed E-state index contributed by atoms with van der Waals surface area (Å²) in [7, 11) is 0. The summed E-state index contributed by atoms with van der Waals surface area (Å²) < 4.78 is 0. The number of thiophene rings is 1. The molecule has 0 radical (unpaired) electrons. The number of rotatable bonds is 5. The number of aryl methyl sites for hydroxylation is 1. The third-order valence-electron chi connectivity index (χ3n) is 2.78. The fourth-order valence-corrected chi connectivity index (χ4v) is 2.61. The standard InChI is InChI=1S/C14H18N2S/c1-3-12-7-8-13(17-12)10-16-11(2)14-6-4-5-9-15-14/h4-9,11,16H,3,10H2,1-2H3/t11-/m1/s1. The number of nitrogens with one attached hydrogen (secondary N) is 1. The van der Waals surface area contributed by atoms with Gasteiger partial charge in [0.1, 0.15) is 0 Å². The van der Waals surface area contributed by atoms with Crippen molar-refractivity contribution in [2.75, 3.05) is 0 Å². The van der Waals surface area contributed by atoms with Crippen molar-refractivity contribution < 1.29 is 0 Å². The minimum absolute atomic E-state index is 0.295. The first-order valence-corrected chi connectivity index (χ1v) is 6.83. The summed E-state index contributed by atoms with van der Waals surface area (Å²) in [6.07, 6.45) is 2.97. The first-order valence-electron chi connectivity index (χ1n) is 6.01. The lowest BCUT2D eigenvalue weighted by Gasteiger charge is -2.12. The molecule has 2 heterocycles. The third-order valence-corrected chi connectivity index (χ3v) is 4.01. The van der Waals surface area contributed by atoms with E-state index >= 15 is 0 Å². The Hall–Kier alpha value is -1.19. The normalized spacial score (nSPS) is 12.6. The molecule has 0 bridgehead atoms. The number of pyridine rings is 1. The van der Waals surface area contributed by atoms with Crippen LogP contribution in [0.1, 0.15) is 35.3 Å². The van der Waals surface area contributed by atoms with Gasteiger partial charge in [-0.15, -0.1) is 11.3 Å². The van der Waals surface area contributed by atoms with Crippen LogP contribution in [0.25, 0.3) is 0 Å². The van der Waals surface area contributed by atoms with Gasteiger partial charge in [-0.3, -0.25) is 4.98 Å². The molecule has 2 aromatic rings. The van der Waals surface area contributed by atoms with E-state index in [1.807, 2.05) is 29.7 Å². The topological polar surface area (TPSA) is 24.9 Å². The number of aromatic nitrogens is 1. The minimum Gasteiger partial charge on any atom is -0.304 e. The smallest absolute Gasteiger partial charge is 0.0570 e. The van der Waals surface area contributed by atoms with Gasteiger partial charge in [-0.2, -0.15) is 0 Å². The Morgan fingerprint density at radius 2 is 2.06 bits per heavy atom. The second-order valence-electron chi connectivity index (χ2n) is 4.08. The van der Waals surface area contributed by atoms with Crippen LogP contribution in [0.3, 0.4) is 0 Å². The van der Waals surface area contributed by atoms with Crippen LogP contribution >= 0.6 is 11.3 Å². The predicted octanol–water partition coefficient (Wildman–Crippen LogP) is 3.56. The van der Waals surface area contributed by atoms with Crippen molar-refractivity contribution in [1.29, 1.82) is 0 Å². The maximum atomic E-state index is 4.35. The zero-order valence-corrected chi connectivity index (χ0v) is 11.1. The Balaban J connectivity index is 1.90. The second-order valence-corrected chi connectivity index (χ2v) is 5.33. The van der Waals surface area contributed by atoms with Crippen molar-refractivity contribution >= 4 is 11.3 Å². The van der Waals surface area contributed by atoms with Gasteiger partial charge in [0.25, 0.3) is 0 Å². The van der Waals surface area contributed by atoms with E-state index in [-0.39, 0.29) is 0 Å². The van der Waals surface area contributed by atoms with Gasteiger partial charge >= 0.3 is 0 Å². The van der Waals surface area contributed by atoms with Crippen LogP contribution in [0, 0.1) is 0 Å². The summed E-state index contributed by atoms with van der Waals surface area (Å²) >= 11 is 1.89. The predicted molar refractivity (Wildman–Crippen MR) is 73.2 cm³/mol. The molecule has 1 atom stereocenters. The highest BCUT2D eigenvalue weighted by molar-refractivity contribution is 7.11. The highest BCUT2D eigenvalue weighted by atomic mass is 32.1. The summed E-state index contributed by atoms with van der Waals surface area (Å²) in [4.78, 5) is 7.20. The van der Waals surface area contributed by atoms with Gasteiger partial charge in [0, 0.05) is 28.5 Å². The molecule has 0 amide bonds. The molecule has 17 heavy (non-hydrogen) atoms. The van der Waals surface area contributed by atoms with E-state index in [0.29, 0.717) is 6.04 Å². The molecule has 2 aromatic heterocycles. The van der Waals surface area contributed by atoms with E-state index < -0.39 is 0 Å². The average molecular weight is 246 g/mol. The maximum Gasteiger partial charge on any atom is 0.0570 e. The van der Waals surface area contributed by atoms with E-state index in [1.165, 1.54) is 9.75 Å². The molecule has 0 aromatic carbocycles. The van der Waals surface area contributed by atoms with E-state index in [1.54, 1.807) is 0 Å². The molecular weight excluding hydrogens is 228 g/mol. The largest absolute Gasteiger partial charge is 0.304 e. The third kappa shape index (κ3) is 3.38. The Morgan fingerprint density at radius 1 is 1.24 bits per heavy atom. The van der Waals surface area contributed by atoms with Crippen LogP contribution in [0.5, 0.6) is 0 Å². The molecule has 0 aliphatic carbocycles. The lowest BCUT2D eigenvalue weighted by molar-refractivity contribution is 0.565. The molecule has 0 unspecified atom stereocenters. The molecule has 1 N–H and O–H groups in total. The van der Waals surface area contributed by atoms with Crippen LogP contribution in [0.4, 0.5) is 0 Å². The number of hydrogen-bond acceptors (Lipinski definition) is 3. The van der Waals surface area contributed by atoms with E-state index in [4.69, 9.17) is 0 Å². The highest BCUT2D eigenvalue weighted by Gasteiger charge is 2.06. The van der Waals surface area contributed by atoms with Crippen molar-refractivity contribution in [3.05, 3.63) is 52.0 Å². The molecule has 0 saturated heterocycles. The molecule has 0 fully saturated rings. The van der Waals surface area contributed by atoms with Crippen molar-refractivity contribution in [2.24, 2.45) is 0 Å². The zero-order valence-electron chi connectivity index (χ0n) is 10.3. The average Bonchev–Trinajstić information content (AvgIpc) is 2.85.